The van der Waals surface area contributed by atoms with E-state index in [2.05, 4.69) is 10.0 Å². The number of nitrogens with zero attached hydrogens (tertiary/aromatic N) is 1. The Morgan fingerprint density at radius 1 is 1.10 bits per heavy atom. The van der Waals surface area contributed by atoms with Crippen molar-refractivity contribution in [2.24, 2.45) is 5.92 Å². The van der Waals surface area contributed by atoms with E-state index in [0.29, 0.717) is 18.4 Å². The number of hydrogen-bond acceptors (Lipinski definition) is 7. The summed E-state index contributed by atoms with van der Waals surface area (Å²) in [6, 6.07) is 19.7. The van der Waals surface area contributed by atoms with Gasteiger partial charge >= 0.3 is 0 Å². The van der Waals surface area contributed by atoms with Crippen LogP contribution in [0.4, 0.5) is 5.69 Å². The Labute approximate surface area is 226 Å². The number of aliphatic hydroxyl groups excluding tert-OH is 2. The smallest absolute Gasteiger partial charge is 0.270 e. The number of sulfonamides is 1. The maximum Gasteiger partial charge on any atom is 0.270 e. The standard InChI is InChI=1S/C28H31N3O7S/c1-18-11-12-22(31(35)36)16-26(18)39(37,38)29-17-23(32)14-21(13-19-7-3-2-4-8-19)28(34)30-27-24-10-6-5-9-20(24)15-25(27)33/h2-12,16,21,23,25,27,29,32-33H,13-15,17H2,1H3,(H,30,34)/t21-,23+,25-,27+/m1/s1. The molecule has 0 heterocycles. The lowest BCUT2D eigenvalue weighted by Gasteiger charge is -2.24. The number of aryl methyl sites for hydroxylation is 1. The maximum atomic E-state index is 13.4. The number of fused-ring (bicyclic) bond motifs is 1. The second-order valence-corrected chi connectivity index (χ2v) is 11.5. The lowest BCUT2D eigenvalue weighted by molar-refractivity contribution is -0.385. The molecule has 0 unspecified atom stereocenters. The lowest BCUT2D eigenvalue weighted by Crippen LogP contribution is -2.41. The van der Waals surface area contributed by atoms with Crippen LogP contribution < -0.4 is 10.0 Å². The van der Waals surface area contributed by atoms with E-state index in [9.17, 15) is 33.5 Å². The molecule has 4 atom stereocenters. The molecule has 0 aromatic heterocycles. The maximum absolute atomic E-state index is 13.4. The molecule has 0 spiro atoms. The van der Waals surface area contributed by atoms with Crippen LogP contribution in [0.5, 0.6) is 0 Å². The Hall–Kier alpha value is -3.64. The Morgan fingerprint density at radius 2 is 1.79 bits per heavy atom. The van der Waals surface area contributed by atoms with E-state index in [4.69, 9.17) is 0 Å². The number of carbonyl (C=O) groups is 1. The second-order valence-electron chi connectivity index (χ2n) is 9.79. The van der Waals surface area contributed by atoms with E-state index in [1.54, 1.807) is 0 Å². The molecule has 1 aliphatic carbocycles. The van der Waals surface area contributed by atoms with Crippen molar-refractivity contribution >= 4 is 21.6 Å². The molecule has 0 radical (unpaired) electrons. The van der Waals surface area contributed by atoms with Crippen LogP contribution in [-0.2, 0) is 27.7 Å². The van der Waals surface area contributed by atoms with Gasteiger partial charge in [-0.3, -0.25) is 14.9 Å². The number of benzene rings is 3. The van der Waals surface area contributed by atoms with Crippen molar-refractivity contribution in [1.82, 2.24) is 10.0 Å². The summed E-state index contributed by atoms with van der Waals surface area (Å²) in [5.41, 5.74) is 2.62. The van der Waals surface area contributed by atoms with Gasteiger partial charge in [0, 0.05) is 31.0 Å². The first-order valence-corrected chi connectivity index (χ1v) is 14.1. The van der Waals surface area contributed by atoms with Gasteiger partial charge in [0.25, 0.3) is 5.69 Å². The number of hydrogen-bond donors (Lipinski definition) is 4. The number of aliphatic hydroxyl groups is 2. The number of nitro benzene ring substituents is 1. The fourth-order valence-electron chi connectivity index (χ4n) is 4.89. The Kier molecular flexibility index (Phi) is 8.76. The van der Waals surface area contributed by atoms with Crippen LogP contribution in [0.3, 0.4) is 0 Å². The first kappa shape index (κ1) is 28.4. The van der Waals surface area contributed by atoms with Crippen molar-refractivity contribution in [3.8, 4) is 0 Å². The van der Waals surface area contributed by atoms with Gasteiger partial charge < -0.3 is 15.5 Å². The number of nitro groups is 1. The molecule has 0 saturated heterocycles. The van der Waals surface area contributed by atoms with Gasteiger partial charge in [0.05, 0.1) is 28.1 Å². The molecule has 1 aliphatic rings. The van der Waals surface area contributed by atoms with Crippen LogP contribution in [0.25, 0.3) is 0 Å². The summed E-state index contributed by atoms with van der Waals surface area (Å²) >= 11 is 0. The molecule has 4 rings (SSSR count). The molecule has 4 N–H and O–H groups in total. The minimum atomic E-state index is -4.16. The van der Waals surface area contributed by atoms with Crippen LogP contribution in [0, 0.1) is 23.0 Å². The third kappa shape index (κ3) is 6.87. The van der Waals surface area contributed by atoms with E-state index < -0.39 is 45.7 Å². The average Bonchev–Trinajstić information content (AvgIpc) is 3.22. The molecule has 3 aromatic rings. The van der Waals surface area contributed by atoms with Crippen molar-refractivity contribution in [2.75, 3.05) is 6.54 Å². The average molecular weight is 554 g/mol. The predicted octanol–water partition coefficient (Wildman–Crippen LogP) is 2.57. The van der Waals surface area contributed by atoms with Crippen LogP contribution in [0.15, 0.2) is 77.7 Å². The molecule has 10 nitrogen and oxygen atoms in total. The quantitative estimate of drug-likeness (QED) is 0.210. The zero-order chi connectivity index (χ0) is 28.2. The SMILES string of the molecule is Cc1ccc([N+](=O)[O-])cc1S(=O)(=O)NC[C@@H](O)C[C@@H](Cc1ccccc1)C(=O)N[C@H]1c2ccccc2C[C@H]1O. The minimum absolute atomic E-state index is 0.0539. The molecule has 0 aliphatic heterocycles. The molecule has 11 heteroatoms. The zero-order valence-corrected chi connectivity index (χ0v) is 22.2. The fraction of sp³-hybridized carbons (Fsp3) is 0.321. The lowest BCUT2D eigenvalue weighted by atomic mass is 9.92. The van der Waals surface area contributed by atoms with Crippen LogP contribution in [0.2, 0.25) is 0 Å². The summed E-state index contributed by atoms with van der Waals surface area (Å²) in [5.74, 6) is -1.08. The van der Waals surface area contributed by atoms with Crippen LogP contribution in [0.1, 0.15) is 34.7 Å². The van der Waals surface area contributed by atoms with Gasteiger partial charge in [0.15, 0.2) is 0 Å². The van der Waals surface area contributed by atoms with Crippen molar-refractivity contribution < 1.29 is 28.3 Å². The molecule has 39 heavy (non-hydrogen) atoms. The van der Waals surface area contributed by atoms with E-state index >= 15 is 0 Å². The van der Waals surface area contributed by atoms with E-state index in [1.165, 1.54) is 19.1 Å². The normalized spacial score (nSPS) is 18.2. The number of nitrogens with one attached hydrogen (secondary N) is 2. The topological polar surface area (TPSA) is 159 Å². The van der Waals surface area contributed by atoms with Crippen molar-refractivity contribution in [3.05, 3.63) is 105 Å². The predicted molar refractivity (Wildman–Crippen MR) is 144 cm³/mol. The minimum Gasteiger partial charge on any atom is -0.392 e. The first-order chi connectivity index (χ1) is 18.5. The highest BCUT2D eigenvalue weighted by molar-refractivity contribution is 7.89. The van der Waals surface area contributed by atoms with E-state index in [0.717, 1.165) is 22.8 Å². The largest absolute Gasteiger partial charge is 0.392 e. The third-order valence-electron chi connectivity index (χ3n) is 6.94. The summed E-state index contributed by atoms with van der Waals surface area (Å²) in [6.45, 7) is 1.13. The van der Waals surface area contributed by atoms with Gasteiger partial charge in [0.1, 0.15) is 0 Å². The Morgan fingerprint density at radius 3 is 2.51 bits per heavy atom. The van der Waals surface area contributed by atoms with E-state index in [-0.39, 0.29) is 22.9 Å². The number of rotatable bonds is 11. The molecule has 0 bridgehead atoms. The number of carbonyl (C=O) groups excluding carboxylic acids is 1. The van der Waals surface area contributed by atoms with Crippen LogP contribution >= 0.6 is 0 Å². The molecular weight excluding hydrogens is 522 g/mol. The zero-order valence-electron chi connectivity index (χ0n) is 21.4. The Balaban J connectivity index is 1.47. The summed E-state index contributed by atoms with van der Waals surface area (Å²) in [7, 11) is -4.16. The van der Waals surface area contributed by atoms with Gasteiger partial charge in [0.2, 0.25) is 15.9 Å². The highest BCUT2D eigenvalue weighted by atomic mass is 32.2. The van der Waals surface area contributed by atoms with Gasteiger partial charge in [-0.15, -0.1) is 0 Å². The summed E-state index contributed by atoms with van der Waals surface area (Å²) in [6.07, 6.45) is -1.34. The highest BCUT2D eigenvalue weighted by Gasteiger charge is 2.34. The third-order valence-corrected chi connectivity index (χ3v) is 8.50. The van der Waals surface area contributed by atoms with Crippen molar-refractivity contribution in [3.63, 3.8) is 0 Å². The first-order valence-electron chi connectivity index (χ1n) is 12.6. The fourth-order valence-corrected chi connectivity index (χ4v) is 6.22. The van der Waals surface area contributed by atoms with E-state index in [1.807, 2.05) is 54.6 Å². The summed E-state index contributed by atoms with van der Waals surface area (Å²) in [5, 5.41) is 35.4. The summed E-state index contributed by atoms with van der Waals surface area (Å²) < 4.78 is 28.1. The monoisotopic (exact) mass is 553 g/mol. The number of amides is 1. The second kappa shape index (κ2) is 12.0. The molecule has 1 amide bonds. The van der Waals surface area contributed by atoms with Gasteiger partial charge in [-0.05, 0) is 42.0 Å². The number of non-ortho nitro benzene ring substituents is 1. The highest BCUT2D eigenvalue weighted by Crippen LogP contribution is 2.32. The Bertz CT molecular complexity index is 1450. The van der Waals surface area contributed by atoms with Crippen LogP contribution in [-0.4, -0.2) is 48.2 Å². The molecule has 0 saturated carbocycles. The van der Waals surface area contributed by atoms with Crippen molar-refractivity contribution in [2.45, 2.75) is 49.3 Å². The van der Waals surface area contributed by atoms with Gasteiger partial charge in [-0.25, -0.2) is 13.1 Å². The molecular formula is C28H31N3O7S. The van der Waals surface area contributed by atoms with Gasteiger partial charge in [-0.2, -0.15) is 0 Å². The van der Waals surface area contributed by atoms with Gasteiger partial charge in [-0.1, -0.05) is 60.7 Å². The summed E-state index contributed by atoms with van der Waals surface area (Å²) in [4.78, 5) is 23.6. The molecule has 0 fully saturated rings. The molecule has 206 valence electrons. The molecule has 3 aromatic carbocycles. The van der Waals surface area contributed by atoms with Crippen molar-refractivity contribution in [1.29, 1.82) is 0 Å².